The summed E-state index contributed by atoms with van der Waals surface area (Å²) in [6.45, 7) is 3.25. The third kappa shape index (κ3) is 4.73. The van der Waals surface area contributed by atoms with Crippen molar-refractivity contribution in [3.05, 3.63) is 58.3 Å². The Bertz CT molecular complexity index is 903. The molecule has 0 saturated heterocycles. The maximum atomic E-state index is 12.5. The predicted molar refractivity (Wildman–Crippen MR) is 102 cm³/mol. The normalized spacial score (nSPS) is 12.2. The smallest absolute Gasteiger partial charge is 0.244 e. The van der Waals surface area contributed by atoms with Gasteiger partial charge in [0.1, 0.15) is 4.90 Å². The number of pyridine rings is 1. The summed E-state index contributed by atoms with van der Waals surface area (Å²) >= 11 is 11.9. The molecule has 140 valence electrons. The number of nitrogens with one attached hydrogen (secondary N) is 1. The Morgan fingerprint density at radius 2 is 1.92 bits per heavy atom. The number of nitrogens with zero attached hydrogens (tertiary/aromatic N) is 2. The van der Waals surface area contributed by atoms with Gasteiger partial charge in [-0.15, -0.1) is 0 Å². The Hall–Kier alpha value is -1.67. The average Bonchev–Trinajstić information content (AvgIpc) is 2.57. The van der Waals surface area contributed by atoms with E-state index >= 15 is 0 Å². The van der Waals surface area contributed by atoms with Gasteiger partial charge in [0.25, 0.3) is 0 Å². The fraction of sp³-hybridized carbons (Fsp3) is 0.294. The third-order valence-corrected chi connectivity index (χ3v) is 6.33. The van der Waals surface area contributed by atoms with Gasteiger partial charge in [-0.25, -0.2) is 8.42 Å². The van der Waals surface area contributed by atoms with E-state index in [4.69, 9.17) is 23.2 Å². The van der Waals surface area contributed by atoms with Crippen molar-refractivity contribution in [2.24, 2.45) is 0 Å². The monoisotopic (exact) mass is 415 g/mol. The van der Waals surface area contributed by atoms with E-state index in [9.17, 15) is 13.2 Å². The van der Waals surface area contributed by atoms with Crippen LogP contribution in [0.25, 0.3) is 0 Å². The van der Waals surface area contributed by atoms with Gasteiger partial charge in [-0.2, -0.15) is 4.31 Å². The Morgan fingerprint density at radius 3 is 2.50 bits per heavy atom. The molecule has 0 radical (unpaired) electrons. The SMILES string of the molecule is CN(CC(=O)NC(C)(C)c1ccc(Cl)c(Cl)c1)S(=O)(=O)c1cccnc1. The van der Waals surface area contributed by atoms with Gasteiger partial charge in [-0.1, -0.05) is 29.3 Å². The first-order valence-corrected chi connectivity index (χ1v) is 9.86. The number of hydrogen-bond donors (Lipinski definition) is 1. The highest BCUT2D eigenvalue weighted by Gasteiger charge is 2.27. The molecule has 1 N–H and O–H groups in total. The van der Waals surface area contributed by atoms with E-state index in [1.807, 2.05) is 0 Å². The van der Waals surface area contributed by atoms with Crippen molar-refractivity contribution in [1.29, 1.82) is 0 Å². The van der Waals surface area contributed by atoms with Gasteiger partial charge in [-0.05, 0) is 43.7 Å². The lowest BCUT2D eigenvalue weighted by Crippen LogP contribution is -2.46. The number of benzene rings is 1. The molecule has 0 spiro atoms. The van der Waals surface area contributed by atoms with Gasteiger partial charge in [-0.3, -0.25) is 9.78 Å². The minimum atomic E-state index is -3.80. The van der Waals surface area contributed by atoms with Crippen LogP contribution in [0.2, 0.25) is 10.0 Å². The van der Waals surface area contributed by atoms with Crippen LogP contribution in [0.5, 0.6) is 0 Å². The molecule has 0 unspecified atom stereocenters. The largest absolute Gasteiger partial charge is 0.346 e. The molecular weight excluding hydrogens is 397 g/mol. The van der Waals surface area contributed by atoms with Gasteiger partial charge in [0.15, 0.2) is 0 Å². The zero-order valence-corrected chi connectivity index (χ0v) is 16.9. The van der Waals surface area contributed by atoms with Crippen LogP contribution < -0.4 is 5.32 Å². The molecule has 0 aliphatic carbocycles. The molecule has 2 aromatic rings. The summed E-state index contributed by atoms with van der Waals surface area (Å²) in [5.41, 5.74) is -0.0115. The van der Waals surface area contributed by atoms with Crippen molar-refractivity contribution in [3.63, 3.8) is 0 Å². The molecule has 0 atom stereocenters. The Morgan fingerprint density at radius 1 is 1.23 bits per heavy atom. The van der Waals surface area contributed by atoms with Crippen LogP contribution in [0.4, 0.5) is 0 Å². The van der Waals surface area contributed by atoms with E-state index in [0.29, 0.717) is 10.0 Å². The van der Waals surface area contributed by atoms with Crippen LogP contribution in [-0.4, -0.2) is 37.2 Å². The molecule has 1 amide bonds. The lowest BCUT2D eigenvalue weighted by atomic mass is 9.94. The van der Waals surface area contributed by atoms with Gasteiger partial charge >= 0.3 is 0 Å². The molecule has 9 heteroatoms. The molecule has 26 heavy (non-hydrogen) atoms. The molecule has 1 aromatic carbocycles. The first-order valence-electron chi connectivity index (χ1n) is 7.67. The number of carbonyl (C=O) groups is 1. The van der Waals surface area contributed by atoms with E-state index in [2.05, 4.69) is 10.3 Å². The average molecular weight is 416 g/mol. The molecule has 2 rings (SSSR count). The summed E-state index contributed by atoms with van der Waals surface area (Å²) in [5, 5.41) is 3.61. The standard InChI is InChI=1S/C17H19Cl2N3O3S/c1-17(2,12-6-7-14(18)15(19)9-12)21-16(23)11-22(3)26(24,25)13-5-4-8-20-10-13/h4-10H,11H2,1-3H3,(H,21,23). The van der Waals surface area contributed by atoms with E-state index in [0.717, 1.165) is 9.87 Å². The number of aromatic nitrogens is 1. The zero-order chi connectivity index (χ0) is 19.5. The summed E-state index contributed by atoms with van der Waals surface area (Å²) in [4.78, 5) is 16.2. The van der Waals surface area contributed by atoms with Crippen LogP contribution >= 0.6 is 23.2 Å². The molecule has 0 fully saturated rings. The number of carbonyl (C=O) groups excluding carboxylic acids is 1. The van der Waals surface area contributed by atoms with Crippen molar-refractivity contribution in [1.82, 2.24) is 14.6 Å². The van der Waals surface area contributed by atoms with Gasteiger partial charge < -0.3 is 5.32 Å². The number of rotatable bonds is 6. The highest BCUT2D eigenvalue weighted by atomic mass is 35.5. The second kappa shape index (κ2) is 7.92. The first kappa shape index (κ1) is 20.6. The first-order chi connectivity index (χ1) is 12.0. The summed E-state index contributed by atoms with van der Waals surface area (Å²) in [7, 11) is -2.45. The van der Waals surface area contributed by atoms with E-state index < -0.39 is 21.5 Å². The number of likely N-dealkylation sites (N-methyl/N-ethyl adjacent to an activating group) is 1. The van der Waals surface area contributed by atoms with Crippen LogP contribution in [0.1, 0.15) is 19.4 Å². The minimum absolute atomic E-state index is 0.0269. The minimum Gasteiger partial charge on any atom is -0.346 e. The molecule has 0 aliphatic heterocycles. The topological polar surface area (TPSA) is 79.4 Å². The van der Waals surface area contributed by atoms with Gasteiger partial charge in [0.2, 0.25) is 15.9 Å². The highest BCUT2D eigenvalue weighted by molar-refractivity contribution is 7.89. The second-order valence-electron chi connectivity index (χ2n) is 6.25. The van der Waals surface area contributed by atoms with Crippen molar-refractivity contribution < 1.29 is 13.2 Å². The van der Waals surface area contributed by atoms with Crippen molar-refractivity contribution >= 4 is 39.1 Å². The number of amides is 1. The molecule has 1 aromatic heterocycles. The summed E-state index contributed by atoms with van der Waals surface area (Å²) < 4.78 is 25.9. The van der Waals surface area contributed by atoms with E-state index in [1.54, 1.807) is 32.0 Å². The fourth-order valence-corrected chi connectivity index (χ4v) is 3.70. The number of sulfonamides is 1. The quantitative estimate of drug-likeness (QED) is 0.785. The third-order valence-electron chi connectivity index (χ3n) is 3.80. The van der Waals surface area contributed by atoms with Crippen LogP contribution in [0.15, 0.2) is 47.6 Å². The number of halogens is 2. The fourth-order valence-electron chi connectivity index (χ4n) is 2.31. The lowest BCUT2D eigenvalue weighted by Gasteiger charge is -2.28. The van der Waals surface area contributed by atoms with Crippen molar-refractivity contribution in [3.8, 4) is 0 Å². The lowest BCUT2D eigenvalue weighted by molar-refractivity contribution is -0.122. The molecular formula is C17H19Cl2N3O3S. The van der Waals surface area contributed by atoms with Crippen LogP contribution in [-0.2, 0) is 20.4 Å². The Labute approximate surface area is 163 Å². The van der Waals surface area contributed by atoms with Gasteiger partial charge in [0.05, 0.1) is 22.1 Å². The predicted octanol–water partition coefficient (Wildman–Crippen LogP) is 3.06. The summed E-state index contributed by atoms with van der Waals surface area (Å²) in [6, 6.07) is 8.02. The maximum Gasteiger partial charge on any atom is 0.244 e. The van der Waals surface area contributed by atoms with Gasteiger partial charge in [0, 0.05) is 19.4 Å². The highest BCUT2D eigenvalue weighted by Crippen LogP contribution is 2.28. The molecule has 0 aliphatic rings. The summed E-state index contributed by atoms with van der Waals surface area (Å²) in [6.07, 6.45) is 2.72. The Kier molecular flexibility index (Phi) is 6.29. The molecule has 1 heterocycles. The molecule has 0 bridgehead atoms. The van der Waals surface area contributed by atoms with Crippen molar-refractivity contribution in [2.75, 3.05) is 13.6 Å². The number of hydrogen-bond acceptors (Lipinski definition) is 4. The molecule has 0 saturated carbocycles. The zero-order valence-electron chi connectivity index (χ0n) is 14.5. The van der Waals surface area contributed by atoms with E-state index in [-0.39, 0.29) is 11.4 Å². The second-order valence-corrected chi connectivity index (χ2v) is 9.11. The van der Waals surface area contributed by atoms with E-state index in [1.165, 1.54) is 31.6 Å². The van der Waals surface area contributed by atoms with Crippen molar-refractivity contribution in [2.45, 2.75) is 24.3 Å². The summed E-state index contributed by atoms with van der Waals surface area (Å²) in [5.74, 6) is -0.448. The van der Waals surface area contributed by atoms with Crippen LogP contribution in [0, 0.1) is 0 Å². The maximum absolute atomic E-state index is 12.5. The molecule has 6 nitrogen and oxygen atoms in total. The van der Waals surface area contributed by atoms with Crippen LogP contribution in [0.3, 0.4) is 0 Å². The Balaban J connectivity index is 2.11.